The quantitative estimate of drug-likeness (QED) is 0.889. The first-order chi connectivity index (χ1) is 8.70. The molecule has 1 N–H and O–H groups in total. The molecule has 18 heavy (non-hydrogen) atoms. The minimum atomic E-state index is -0.725. The SMILES string of the molecule is CNCc1ccoc1COc1ccc(F)cc1F. The van der Waals surface area contributed by atoms with Crippen LogP contribution in [0.4, 0.5) is 8.78 Å². The zero-order valence-electron chi connectivity index (χ0n) is 9.87. The summed E-state index contributed by atoms with van der Waals surface area (Å²) in [5, 5.41) is 2.99. The van der Waals surface area contributed by atoms with E-state index in [4.69, 9.17) is 9.15 Å². The molecule has 0 atom stereocenters. The van der Waals surface area contributed by atoms with E-state index in [1.807, 2.05) is 13.1 Å². The topological polar surface area (TPSA) is 34.4 Å². The van der Waals surface area contributed by atoms with Crippen LogP contribution in [-0.2, 0) is 13.2 Å². The Hall–Kier alpha value is -1.88. The van der Waals surface area contributed by atoms with Gasteiger partial charge in [-0.2, -0.15) is 0 Å². The van der Waals surface area contributed by atoms with Crippen molar-refractivity contribution in [1.29, 1.82) is 0 Å². The molecule has 1 aromatic carbocycles. The molecule has 96 valence electrons. The molecule has 0 fully saturated rings. The van der Waals surface area contributed by atoms with Crippen molar-refractivity contribution in [2.75, 3.05) is 7.05 Å². The lowest BCUT2D eigenvalue weighted by atomic mass is 10.2. The van der Waals surface area contributed by atoms with Crippen molar-refractivity contribution < 1.29 is 17.9 Å². The number of benzene rings is 1. The van der Waals surface area contributed by atoms with Crippen LogP contribution in [0.3, 0.4) is 0 Å². The van der Waals surface area contributed by atoms with Gasteiger partial charge in [-0.15, -0.1) is 0 Å². The van der Waals surface area contributed by atoms with Crippen LogP contribution < -0.4 is 10.1 Å². The van der Waals surface area contributed by atoms with E-state index in [-0.39, 0.29) is 12.4 Å². The first-order valence-corrected chi connectivity index (χ1v) is 5.48. The number of hydrogen-bond donors (Lipinski definition) is 1. The zero-order valence-corrected chi connectivity index (χ0v) is 9.87. The molecule has 5 heteroatoms. The van der Waals surface area contributed by atoms with Crippen molar-refractivity contribution in [2.45, 2.75) is 13.2 Å². The highest BCUT2D eigenvalue weighted by Gasteiger charge is 2.09. The second-order valence-corrected chi connectivity index (χ2v) is 3.76. The van der Waals surface area contributed by atoms with Gasteiger partial charge in [-0.1, -0.05) is 0 Å². The van der Waals surface area contributed by atoms with Crippen LogP contribution in [0, 0.1) is 11.6 Å². The van der Waals surface area contributed by atoms with Crippen LogP contribution in [0.2, 0.25) is 0 Å². The van der Waals surface area contributed by atoms with E-state index in [9.17, 15) is 8.78 Å². The van der Waals surface area contributed by atoms with Gasteiger partial charge in [0.25, 0.3) is 0 Å². The third kappa shape index (κ3) is 2.87. The Morgan fingerprint density at radius 1 is 1.28 bits per heavy atom. The molecule has 0 aliphatic rings. The normalized spacial score (nSPS) is 10.6. The molecule has 0 bridgehead atoms. The fraction of sp³-hybridized carbons (Fsp3) is 0.231. The summed E-state index contributed by atoms with van der Waals surface area (Å²) in [5.41, 5.74) is 0.944. The number of nitrogens with one attached hydrogen (secondary N) is 1. The van der Waals surface area contributed by atoms with Crippen LogP contribution in [0.1, 0.15) is 11.3 Å². The summed E-state index contributed by atoms with van der Waals surface area (Å²) < 4.78 is 36.5. The lowest BCUT2D eigenvalue weighted by Crippen LogP contribution is -2.07. The molecule has 0 radical (unpaired) electrons. The summed E-state index contributed by atoms with van der Waals surface area (Å²) in [7, 11) is 1.82. The summed E-state index contributed by atoms with van der Waals surface area (Å²) >= 11 is 0. The van der Waals surface area contributed by atoms with Crippen molar-refractivity contribution in [3.05, 3.63) is 53.5 Å². The molecule has 0 saturated heterocycles. The highest BCUT2D eigenvalue weighted by molar-refractivity contribution is 5.25. The first kappa shape index (κ1) is 12.6. The lowest BCUT2D eigenvalue weighted by molar-refractivity contribution is 0.256. The molecule has 2 rings (SSSR count). The van der Waals surface area contributed by atoms with Gasteiger partial charge in [-0.3, -0.25) is 0 Å². The first-order valence-electron chi connectivity index (χ1n) is 5.48. The Morgan fingerprint density at radius 2 is 2.11 bits per heavy atom. The smallest absolute Gasteiger partial charge is 0.167 e. The highest BCUT2D eigenvalue weighted by Crippen LogP contribution is 2.20. The Bertz CT molecular complexity index is 525. The van der Waals surface area contributed by atoms with Crippen LogP contribution >= 0.6 is 0 Å². The van der Waals surface area contributed by atoms with Gasteiger partial charge in [0.15, 0.2) is 11.6 Å². The molecule has 0 unspecified atom stereocenters. The molecular formula is C13H13F2NO2. The number of furan rings is 1. The van der Waals surface area contributed by atoms with Crippen molar-refractivity contribution in [3.63, 3.8) is 0 Å². The van der Waals surface area contributed by atoms with Gasteiger partial charge < -0.3 is 14.5 Å². The number of rotatable bonds is 5. The maximum absolute atomic E-state index is 13.3. The summed E-state index contributed by atoms with van der Waals surface area (Å²) in [6.45, 7) is 0.744. The zero-order chi connectivity index (χ0) is 13.0. The van der Waals surface area contributed by atoms with Gasteiger partial charge in [0, 0.05) is 18.2 Å². The van der Waals surface area contributed by atoms with Gasteiger partial charge in [0.1, 0.15) is 18.2 Å². The minimum Gasteiger partial charge on any atom is -0.483 e. The largest absolute Gasteiger partial charge is 0.483 e. The minimum absolute atomic E-state index is 0.00297. The molecule has 0 aliphatic carbocycles. The maximum atomic E-state index is 13.3. The van der Waals surface area contributed by atoms with Crippen molar-refractivity contribution >= 4 is 0 Å². The third-order valence-corrected chi connectivity index (χ3v) is 2.46. The second-order valence-electron chi connectivity index (χ2n) is 3.76. The van der Waals surface area contributed by atoms with Crippen LogP contribution in [0.25, 0.3) is 0 Å². The summed E-state index contributed by atoms with van der Waals surface area (Å²) in [6.07, 6.45) is 1.55. The molecule has 3 nitrogen and oxygen atoms in total. The fourth-order valence-corrected chi connectivity index (χ4v) is 1.58. The van der Waals surface area contributed by atoms with Crippen molar-refractivity contribution in [1.82, 2.24) is 5.32 Å². The van der Waals surface area contributed by atoms with E-state index < -0.39 is 11.6 Å². The second kappa shape index (κ2) is 5.64. The monoisotopic (exact) mass is 253 g/mol. The predicted octanol–water partition coefficient (Wildman–Crippen LogP) is 2.86. The highest BCUT2D eigenvalue weighted by atomic mass is 19.1. The molecule has 0 spiro atoms. The molecule has 0 amide bonds. The number of halogens is 2. The molecular weight excluding hydrogens is 240 g/mol. The van der Waals surface area contributed by atoms with E-state index >= 15 is 0 Å². The lowest BCUT2D eigenvalue weighted by Gasteiger charge is -2.07. The Labute approximate surface area is 103 Å². The molecule has 0 aliphatic heterocycles. The van der Waals surface area contributed by atoms with Crippen LogP contribution in [0.15, 0.2) is 34.9 Å². The Morgan fingerprint density at radius 3 is 2.83 bits per heavy atom. The summed E-state index contributed by atoms with van der Waals surface area (Å²) in [6, 6.07) is 5.00. The van der Waals surface area contributed by atoms with Gasteiger partial charge in [-0.25, -0.2) is 8.78 Å². The van der Waals surface area contributed by atoms with Crippen LogP contribution in [0.5, 0.6) is 5.75 Å². The molecule has 1 heterocycles. The molecule has 1 aromatic heterocycles. The van der Waals surface area contributed by atoms with Gasteiger partial charge in [0.2, 0.25) is 0 Å². The average Bonchev–Trinajstić information content (AvgIpc) is 2.76. The van der Waals surface area contributed by atoms with Gasteiger partial charge in [0.05, 0.1) is 6.26 Å². The van der Waals surface area contributed by atoms with Gasteiger partial charge in [-0.05, 0) is 25.2 Å². The Balaban J connectivity index is 2.04. The van der Waals surface area contributed by atoms with E-state index in [0.717, 1.165) is 17.7 Å². The van der Waals surface area contributed by atoms with Crippen LogP contribution in [-0.4, -0.2) is 7.05 Å². The van der Waals surface area contributed by atoms with E-state index in [1.54, 1.807) is 6.26 Å². The average molecular weight is 253 g/mol. The summed E-state index contributed by atoms with van der Waals surface area (Å²) in [4.78, 5) is 0. The molecule has 2 aromatic rings. The fourth-order valence-electron chi connectivity index (χ4n) is 1.58. The van der Waals surface area contributed by atoms with E-state index in [1.165, 1.54) is 6.07 Å². The van der Waals surface area contributed by atoms with Crippen molar-refractivity contribution in [2.24, 2.45) is 0 Å². The number of ether oxygens (including phenoxy) is 1. The third-order valence-electron chi connectivity index (χ3n) is 2.46. The predicted molar refractivity (Wildman–Crippen MR) is 62.2 cm³/mol. The van der Waals surface area contributed by atoms with E-state index in [2.05, 4.69) is 5.32 Å². The maximum Gasteiger partial charge on any atom is 0.167 e. The standard InChI is InChI=1S/C13H13F2NO2/c1-16-7-9-4-5-17-13(9)8-18-12-3-2-10(14)6-11(12)15/h2-6,16H,7-8H2,1H3. The van der Waals surface area contributed by atoms with E-state index in [0.29, 0.717) is 12.3 Å². The van der Waals surface area contributed by atoms with Gasteiger partial charge >= 0.3 is 0 Å². The number of hydrogen-bond acceptors (Lipinski definition) is 3. The summed E-state index contributed by atoms with van der Waals surface area (Å²) in [5.74, 6) is -0.735. The van der Waals surface area contributed by atoms with Crippen molar-refractivity contribution in [3.8, 4) is 5.75 Å². The molecule has 0 saturated carbocycles. The Kier molecular flexibility index (Phi) is 3.94.